The van der Waals surface area contributed by atoms with Crippen molar-refractivity contribution in [3.8, 4) is 0 Å². The van der Waals surface area contributed by atoms with Gasteiger partial charge in [0.25, 0.3) is 0 Å². The Bertz CT molecular complexity index is 1140. The zero-order valence-corrected chi connectivity index (χ0v) is 30.7. The molecule has 0 bridgehead atoms. The Labute approximate surface area is 294 Å². The number of hydrogen-bond donors (Lipinski definition) is 3. The van der Waals surface area contributed by atoms with Crippen LogP contribution in [0.4, 0.5) is 0 Å². The van der Waals surface area contributed by atoms with Crippen molar-refractivity contribution in [2.24, 2.45) is 21.7 Å². The molecule has 1 saturated heterocycles. The monoisotopic (exact) mass is 718 g/mol. The van der Waals surface area contributed by atoms with Crippen LogP contribution in [0.25, 0.3) is 0 Å². The Morgan fingerprint density at radius 1 is 0.780 bits per heavy atom. The molecule has 1 heterocycles. The molecular formula is C35H58O15. The summed E-state index contributed by atoms with van der Waals surface area (Å²) in [6.45, 7) is 8.19. The summed E-state index contributed by atoms with van der Waals surface area (Å²) in [5.41, 5.74) is -5.50. The number of rotatable bonds is 22. The van der Waals surface area contributed by atoms with Gasteiger partial charge in [-0.2, -0.15) is 0 Å². The quantitative estimate of drug-likeness (QED) is 0.0830. The second-order valence-corrected chi connectivity index (χ2v) is 15.0. The van der Waals surface area contributed by atoms with Gasteiger partial charge in [0.05, 0.1) is 54.2 Å². The molecule has 1 aliphatic heterocycles. The number of epoxide rings is 1. The summed E-state index contributed by atoms with van der Waals surface area (Å²) in [6.07, 6.45) is 0.182. The molecule has 0 aromatic heterocycles. The van der Waals surface area contributed by atoms with E-state index in [1.165, 1.54) is 14.0 Å². The first-order chi connectivity index (χ1) is 23.3. The fourth-order valence-electron chi connectivity index (χ4n) is 6.64. The van der Waals surface area contributed by atoms with E-state index in [9.17, 15) is 39.3 Å². The molecule has 50 heavy (non-hydrogen) atoms. The van der Waals surface area contributed by atoms with Crippen LogP contribution in [0.15, 0.2) is 0 Å². The minimum Gasteiger partial charge on any atom is -0.469 e. The van der Waals surface area contributed by atoms with E-state index in [2.05, 4.69) is 0 Å². The molecule has 0 amide bonds. The standard InChI is InChI=1S/C35H58O15/c1-8-33(4,30(42)49-16-24(38)15-48-27(39)19-47-25-11-9-23(37)10-12-25)21-35(6,31(43)45-14-13-36)22-34(5,29(41)44-7)20-32(2,3)28(40)50-18-26-17-46-26/h23-26,36-38H,8-22H2,1-7H3. The lowest BCUT2D eigenvalue weighted by Crippen LogP contribution is -2.47. The Morgan fingerprint density at radius 3 is 1.90 bits per heavy atom. The van der Waals surface area contributed by atoms with Gasteiger partial charge in [0, 0.05) is 0 Å². The van der Waals surface area contributed by atoms with Crippen LogP contribution in [0.5, 0.6) is 0 Å². The van der Waals surface area contributed by atoms with Crippen LogP contribution in [0.1, 0.15) is 92.9 Å². The van der Waals surface area contributed by atoms with Gasteiger partial charge in [-0.1, -0.05) is 6.92 Å². The Morgan fingerprint density at radius 2 is 1.34 bits per heavy atom. The minimum atomic E-state index is -1.53. The molecule has 288 valence electrons. The number of aliphatic hydroxyl groups excluding tert-OH is 3. The molecule has 0 aromatic carbocycles. The highest BCUT2D eigenvalue weighted by Gasteiger charge is 2.53. The largest absolute Gasteiger partial charge is 0.469 e. The first-order valence-corrected chi connectivity index (χ1v) is 17.3. The second kappa shape index (κ2) is 19.1. The number of carbonyl (C=O) groups excluding carboxylic acids is 5. The summed E-state index contributed by atoms with van der Waals surface area (Å²) >= 11 is 0. The summed E-state index contributed by atoms with van der Waals surface area (Å²) < 4.78 is 37.0. The predicted octanol–water partition coefficient (Wildman–Crippen LogP) is 2.03. The molecule has 3 N–H and O–H groups in total. The molecule has 15 nitrogen and oxygen atoms in total. The van der Waals surface area contributed by atoms with Crippen LogP contribution in [0.3, 0.4) is 0 Å². The van der Waals surface area contributed by atoms with E-state index in [0.29, 0.717) is 32.3 Å². The molecule has 1 saturated carbocycles. The summed E-state index contributed by atoms with van der Waals surface area (Å²) in [4.78, 5) is 65.7. The maximum atomic E-state index is 13.6. The summed E-state index contributed by atoms with van der Waals surface area (Å²) in [5, 5.41) is 29.4. The highest BCUT2D eigenvalue weighted by molar-refractivity contribution is 5.84. The summed E-state index contributed by atoms with van der Waals surface area (Å²) in [7, 11) is 1.20. The lowest BCUT2D eigenvalue weighted by Gasteiger charge is -2.42. The molecule has 1 aliphatic carbocycles. The van der Waals surface area contributed by atoms with E-state index >= 15 is 0 Å². The maximum absolute atomic E-state index is 13.6. The summed E-state index contributed by atoms with van der Waals surface area (Å²) in [6, 6.07) is 0. The molecular weight excluding hydrogens is 660 g/mol. The van der Waals surface area contributed by atoms with E-state index in [1.807, 2.05) is 0 Å². The fourth-order valence-corrected chi connectivity index (χ4v) is 6.64. The van der Waals surface area contributed by atoms with Crippen molar-refractivity contribution in [3.05, 3.63) is 0 Å². The fraction of sp³-hybridized carbons (Fsp3) is 0.857. The number of carbonyl (C=O) groups is 5. The molecule has 0 radical (unpaired) electrons. The van der Waals surface area contributed by atoms with Crippen LogP contribution >= 0.6 is 0 Å². The van der Waals surface area contributed by atoms with Crippen molar-refractivity contribution in [1.82, 2.24) is 0 Å². The smallest absolute Gasteiger partial charge is 0.332 e. The molecule has 2 fully saturated rings. The molecule has 2 rings (SSSR count). The van der Waals surface area contributed by atoms with Gasteiger partial charge in [0.15, 0.2) is 0 Å². The molecule has 0 spiro atoms. The van der Waals surface area contributed by atoms with E-state index < -0.39 is 77.4 Å². The Kier molecular flexibility index (Phi) is 16.6. The lowest BCUT2D eigenvalue weighted by atomic mass is 9.61. The third-order valence-electron chi connectivity index (χ3n) is 9.44. The van der Waals surface area contributed by atoms with Gasteiger partial charge in [-0.05, 0) is 86.0 Å². The maximum Gasteiger partial charge on any atom is 0.332 e. The van der Waals surface area contributed by atoms with Gasteiger partial charge in [-0.15, -0.1) is 0 Å². The highest BCUT2D eigenvalue weighted by atomic mass is 16.6. The van der Waals surface area contributed by atoms with E-state index in [-0.39, 0.29) is 63.8 Å². The lowest BCUT2D eigenvalue weighted by molar-refractivity contribution is -0.172. The Hall–Kier alpha value is -2.85. The Balaban J connectivity index is 2.12. The molecule has 0 aromatic rings. The van der Waals surface area contributed by atoms with Gasteiger partial charge in [-0.25, -0.2) is 4.79 Å². The van der Waals surface area contributed by atoms with Crippen molar-refractivity contribution >= 4 is 29.8 Å². The van der Waals surface area contributed by atoms with Crippen molar-refractivity contribution in [3.63, 3.8) is 0 Å². The molecule has 5 unspecified atom stereocenters. The average Bonchev–Trinajstić information content (AvgIpc) is 3.90. The SMILES string of the molecule is CCC(C)(CC(C)(CC(C)(CC(C)(C)C(=O)OCC1CO1)C(=O)OC)C(=O)OCCO)C(=O)OCC(O)COC(=O)COC1CCC(O)CC1. The van der Waals surface area contributed by atoms with Crippen molar-refractivity contribution in [2.45, 2.75) is 117 Å². The van der Waals surface area contributed by atoms with E-state index in [0.717, 1.165) is 0 Å². The van der Waals surface area contributed by atoms with Crippen molar-refractivity contribution in [2.75, 3.05) is 53.4 Å². The normalized spacial score (nSPS) is 23.2. The number of hydrogen-bond acceptors (Lipinski definition) is 15. The average molecular weight is 719 g/mol. The first kappa shape index (κ1) is 43.3. The van der Waals surface area contributed by atoms with Gasteiger partial charge >= 0.3 is 29.8 Å². The number of aliphatic hydroxyl groups is 3. The van der Waals surface area contributed by atoms with Crippen LogP contribution in [-0.4, -0.2) is 123 Å². The molecule has 5 atom stereocenters. The van der Waals surface area contributed by atoms with Crippen LogP contribution in [0, 0.1) is 21.7 Å². The van der Waals surface area contributed by atoms with Crippen molar-refractivity contribution < 1.29 is 72.5 Å². The van der Waals surface area contributed by atoms with Crippen LogP contribution in [0.2, 0.25) is 0 Å². The minimum absolute atomic E-state index is 0.0765. The molecule has 2 aliphatic rings. The van der Waals surface area contributed by atoms with Crippen molar-refractivity contribution in [1.29, 1.82) is 0 Å². The first-order valence-electron chi connectivity index (χ1n) is 17.3. The van der Waals surface area contributed by atoms with Crippen LogP contribution < -0.4 is 0 Å². The summed E-state index contributed by atoms with van der Waals surface area (Å²) in [5.74, 6) is -3.47. The number of methoxy groups -OCH3 is 1. The predicted molar refractivity (Wildman–Crippen MR) is 175 cm³/mol. The second-order valence-electron chi connectivity index (χ2n) is 15.0. The van der Waals surface area contributed by atoms with Gasteiger partial charge < -0.3 is 48.5 Å². The van der Waals surface area contributed by atoms with Gasteiger partial charge in [0.2, 0.25) is 0 Å². The number of esters is 5. The zero-order valence-electron chi connectivity index (χ0n) is 30.7. The topological polar surface area (TPSA) is 214 Å². The van der Waals surface area contributed by atoms with E-state index in [1.54, 1.807) is 34.6 Å². The highest BCUT2D eigenvalue weighted by Crippen LogP contribution is 2.49. The van der Waals surface area contributed by atoms with Gasteiger partial charge in [-0.3, -0.25) is 19.2 Å². The van der Waals surface area contributed by atoms with Crippen LogP contribution in [-0.2, 0) is 57.1 Å². The third-order valence-corrected chi connectivity index (χ3v) is 9.44. The zero-order chi connectivity index (χ0) is 37.8. The molecule has 15 heteroatoms. The number of ether oxygens (including phenoxy) is 7. The van der Waals surface area contributed by atoms with Gasteiger partial charge in [0.1, 0.15) is 45.2 Å². The third kappa shape index (κ3) is 13.4. The van der Waals surface area contributed by atoms with E-state index in [4.69, 9.17) is 33.2 Å².